The van der Waals surface area contributed by atoms with Crippen molar-refractivity contribution in [1.82, 2.24) is 0 Å². The van der Waals surface area contributed by atoms with Crippen LogP contribution in [0.25, 0.3) is 0 Å². The number of carbonyl (C=O) groups excluding carboxylic acids is 1. The van der Waals surface area contributed by atoms with Gasteiger partial charge in [-0.2, -0.15) is 0 Å². The highest BCUT2D eigenvalue weighted by Crippen LogP contribution is 2.18. The van der Waals surface area contributed by atoms with Crippen molar-refractivity contribution in [1.29, 1.82) is 0 Å². The summed E-state index contributed by atoms with van der Waals surface area (Å²) in [6, 6.07) is 7.42. The molecule has 3 nitrogen and oxygen atoms in total. The van der Waals surface area contributed by atoms with Gasteiger partial charge in [-0.1, -0.05) is 29.4 Å². The largest absolute Gasteiger partial charge is 0.411 e. The smallest absolute Gasteiger partial charge is 0.210 e. The number of nitrogens with zero attached hydrogens (tertiary/aromatic N) is 1. The van der Waals surface area contributed by atoms with Gasteiger partial charge in [0.2, 0.25) is 5.78 Å². The lowest BCUT2D eigenvalue weighted by Gasteiger charge is -2.14. The topological polar surface area (TPSA) is 49.7 Å². The summed E-state index contributed by atoms with van der Waals surface area (Å²) >= 11 is 0. The number of hydrogen-bond acceptors (Lipinski definition) is 3. The van der Waals surface area contributed by atoms with Crippen molar-refractivity contribution in [3.63, 3.8) is 0 Å². The number of carbonyl (C=O) groups is 1. The first kappa shape index (κ1) is 7.98. The van der Waals surface area contributed by atoms with Crippen LogP contribution in [0.1, 0.15) is 22.3 Å². The molecule has 0 atom stereocenters. The number of hydrogen-bond donors (Lipinski definition) is 1. The molecule has 0 bridgehead atoms. The molecule has 0 aromatic heterocycles. The molecule has 0 spiro atoms. The van der Waals surface area contributed by atoms with Crippen molar-refractivity contribution < 1.29 is 10.0 Å². The maximum absolute atomic E-state index is 11.6. The highest BCUT2D eigenvalue weighted by molar-refractivity contribution is 6.46. The predicted molar refractivity (Wildman–Crippen MR) is 48.3 cm³/mol. The quantitative estimate of drug-likeness (QED) is 0.481. The molecule has 66 valence electrons. The number of rotatable bonds is 0. The third kappa shape index (κ3) is 1.22. The molecule has 3 heteroatoms. The summed E-state index contributed by atoms with van der Waals surface area (Å²) in [7, 11) is 0. The van der Waals surface area contributed by atoms with Crippen molar-refractivity contribution in [3.8, 4) is 0 Å². The summed E-state index contributed by atoms with van der Waals surface area (Å²) in [6.07, 6.45) is 1.31. The number of fused-ring (bicyclic) bond motifs is 1. The van der Waals surface area contributed by atoms with Crippen LogP contribution in [0, 0.1) is 0 Å². The zero-order valence-corrected chi connectivity index (χ0v) is 7.03. The van der Waals surface area contributed by atoms with Gasteiger partial charge in [-0.3, -0.25) is 4.79 Å². The van der Waals surface area contributed by atoms with Crippen LogP contribution in [0.4, 0.5) is 0 Å². The van der Waals surface area contributed by atoms with Crippen molar-refractivity contribution in [2.75, 3.05) is 0 Å². The van der Waals surface area contributed by atoms with Gasteiger partial charge >= 0.3 is 0 Å². The Bertz CT molecular complexity index is 382. The van der Waals surface area contributed by atoms with E-state index in [0.717, 1.165) is 12.0 Å². The number of benzene rings is 1. The van der Waals surface area contributed by atoms with Gasteiger partial charge in [0.25, 0.3) is 0 Å². The number of Topliss-reactive ketones (excluding diaryl/α,β-unsaturated/α-hetero) is 1. The molecule has 0 unspecified atom stereocenters. The Balaban J connectivity index is 2.51. The number of aryl methyl sites for hydroxylation is 1. The van der Waals surface area contributed by atoms with Crippen LogP contribution in [0.2, 0.25) is 0 Å². The Morgan fingerprint density at radius 1 is 1.23 bits per heavy atom. The highest BCUT2D eigenvalue weighted by Gasteiger charge is 2.22. The van der Waals surface area contributed by atoms with E-state index in [2.05, 4.69) is 5.16 Å². The van der Waals surface area contributed by atoms with Crippen LogP contribution in [-0.4, -0.2) is 16.7 Å². The van der Waals surface area contributed by atoms with Crippen molar-refractivity contribution in [3.05, 3.63) is 35.4 Å². The highest BCUT2D eigenvalue weighted by atomic mass is 16.4. The normalized spacial score (nSPS) is 18.8. The van der Waals surface area contributed by atoms with Crippen molar-refractivity contribution >= 4 is 11.5 Å². The monoisotopic (exact) mass is 175 g/mol. The van der Waals surface area contributed by atoms with E-state index in [-0.39, 0.29) is 11.5 Å². The van der Waals surface area contributed by atoms with E-state index in [9.17, 15) is 4.79 Å². The molecule has 0 radical (unpaired) electrons. The summed E-state index contributed by atoms with van der Waals surface area (Å²) in [6.45, 7) is 0. The summed E-state index contributed by atoms with van der Waals surface area (Å²) in [5, 5.41) is 11.5. The van der Waals surface area contributed by atoms with Crippen LogP contribution >= 0.6 is 0 Å². The molecule has 2 rings (SSSR count). The number of oxime groups is 1. The van der Waals surface area contributed by atoms with E-state index in [1.165, 1.54) is 0 Å². The van der Waals surface area contributed by atoms with Crippen molar-refractivity contribution in [2.24, 2.45) is 5.16 Å². The lowest BCUT2D eigenvalue weighted by molar-refractivity contribution is 0.105. The predicted octanol–water partition coefficient (Wildman–Crippen LogP) is 1.65. The maximum Gasteiger partial charge on any atom is 0.210 e. The first-order valence-corrected chi connectivity index (χ1v) is 4.16. The maximum atomic E-state index is 11.6. The molecule has 0 fully saturated rings. The first-order chi connectivity index (χ1) is 6.33. The van der Waals surface area contributed by atoms with E-state index in [4.69, 9.17) is 5.21 Å². The molecule has 0 saturated heterocycles. The van der Waals surface area contributed by atoms with Crippen LogP contribution in [0.5, 0.6) is 0 Å². The molecule has 0 saturated carbocycles. The Hall–Kier alpha value is -1.64. The van der Waals surface area contributed by atoms with Crippen LogP contribution in [-0.2, 0) is 6.42 Å². The van der Waals surface area contributed by atoms with Crippen LogP contribution in [0.3, 0.4) is 0 Å². The fourth-order valence-electron chi connectivity index (χ4n) is 1.58. The van der Waals surface area contributed by atoms with Gasteiger partial charge < -0.3 is 5.21 Å². The molecule has 0 amide bonds. The molecular formula is C10H9NO2. The third-order valence-electron chi connectivity index (χ3n) is 2.28. The first-order valence-electron chi connectivity index (χ1n) is 4.16. The van der Waals surface area contributed by atoms with E-state index < -0.39 is 0 Å². The van der Waals surface area contributed by atoms with Gasteiger partial charge in [0.1, 0.15) is 5.71 Å². The van der Waals surface area contributed by atoms with Gasteiger partial charge in [-0.25, -0.2) is 0 Å². The second-order valence-electron chi connectivity index (χ2n) is 3.03. The number of ketones is 1. The SMILES string of the molecule is O=C1C(=NO)CCc2ccccc21. The summed E-state index contributed by atoms with van der Waals surface area (Å²) in [4.78, 5) is 11.6. The fraction of sp³-hybridized carbons (Fsp3) is 0.200. The molecule has 13 heavy (non-hydrogen) atoms. The zero-order valence-electron chi connectivity index (χ0n) is 7.03. The van der Waals surface area contributed by atoms with Gasteiger partial charge in [0.05, 0.1) is 0 Å². The van der Waals surface area contributed by atoms with E-state index in [1.807, 2.05) is 18.2 Å². The summed E-state index contributed by atoms with van der Waals surface area (Å²) in [5.74, 6) is -0.149. The minimum Gasteiger partial charge on any atom is -0.411 e. The average molecular weight is 175 g/mol. The summed E-state index contributed by atoms with van der Waals surface area (Å²) in [5.41, 5.74) is 1.97. The molecule has 0 aliphatic heterocycles. The minimum absolute atomic E-state index is 0.149. The van der Waals surface area contributed by atoms with E-state index >= 15 is 0 Å². The lowest BCUT2D eigenvalue weighted by atomic mass is 9.89. The van der Waals surface area contributed by atoms with Crippen LogP contribution in [0.15, 0.2) is 29.4 Å². The Morgan fingerprint density at radius 2 is 2.00 bits per heavy atom. The molecular weight excluding hydrogens is 166 g/mol. The van der Waals surface area contributed by atoms with E-state index in [1.54, 1.807) is 6.07 Å². The molecule has 1 aliphatic carbocycles. The average Bonchev–Trinajstić information content (AvgIpc) is 2.19. The molecule has 1 N–H and O–H groups in total. The zero-order chi connectivity index (χ0) is 9.26. The fourth-order valence-corrected chi connectivity index (χ4v) is 1.58. The third-order valence-corrected chi connectivity index (χ3v) is 2.28. The summed E-state index contributed by atoms with van der Waals surface area (Å²) < 4.78 is 0. The Kier molecular flexibility index (Phi) is 1.85. The second kappa shape index (κ2) is 3.01. The Labute approximate surface area is 75.7 Å². The van der Waals surface area contributed by atoms with Gasteiger partial charge in [-0.15, -0.1) is 0 Å². The molecule has 1 aromatic rings. The van der Waals surface area contributed by atoms with Crippen LogP contribution < -0.4 is 0 Å². The molecule has 0 heterocycles. The van der Waals surface area contributed by atoms with E-state index in [0.29, 0.717) is 12.0 Å². The van der Waals surface area contributed by atoms with Gasteiger partial charge in [-0.05, 0) is 12.0 Å². The standard InChI is InChI=1S/C10H9NO2/c12-10-8-4-2-1-3-7(8)5-6-9(10)11-13/h1-4,13H,5-6H2. The van der Waals surface area contributed by atoms with Crippen molar-refractivity contribution in [2.45, 2.75) is 12.8 Å². The molecule has 1 aliphatic rings. The Morgan fingerprint density at radius 3 is 2.77 bits per heavy atom. The van der Waals surface area contributed by atoms with Gasteiger partial charge in [0, 0.05) is 12.0 Å². The minimum atomic E-state index is -0.149. The molecule has 1 aromatic carbocycles. The lowest BCUT2D eigenvalue weighted by Crippen LogP contribution is -2.22. The second-order valence-corrected chi connectivity index (χ2v) is 3.03. The van der Waals surface area contributed by atoms with Gasteiger partial charge in [0.15, 0.2) is 0 Å².